The quantitative estimate of drug-likeness (QED) is 0.801. The molecule has 0 amide bonds. The second-order valence-electron chi connectivity index (χ2n) is 4.20. The molecular formula is C11H18N2S2. The van der Waals surface area contributed by atoms with Gasteiger partial charge in [0.2, 0.25) is 0 Å². The third-order valence-corrected chi connectivity index (χ3v) is 4.80. The third-order valence-electron chi connectivity index (χ3n) is 3.07. The minimum absolute atomic E-state index is 0.650. The van der Waals surface area contributed by atoms with Crippen molar-refractivity contribution in [2.24, 2.45) is 0 Å². The van der Waals surface area contributed by atoms with Crippen molar-refractivity contribution >= 4 is 29.1 Å². The van der Waals surface area contributed by atoms with Crippen molar-refractivity contribution < 1.29 is 0 Å². The fraction of sp³-hybridized carbons (Fsp3) is 0.727. The van der Waals surface area contributed by atoms with Gasteiger partial charge in [0, 0.05) is 23.2 Å². The van der Waals surface area contributed by atoms with E-state index in [2.05, 4.69) is 36.4 Å². The highest BCUT2D eigenvalue weighted by Gasteiger charge is 2.21. The van der Waals surface area contributed by atoms with Gasteiger partial charge in [0.05, 0.1) is 5.69 Å². The normalized spacial score (nSPS) is 22.1. The van der Waals surface area contributed by atoms with Crippen LogP contribution in [-0.2, 0) is 5.75 Å². The van der Waals surface area contributed by atoms with Crippen molar-refractivity contribution in [1.29, 1.82) is 0 Å². The molecule has 0 saturated carbocycles. The first-order valence-corrected chi connectivity index (χ1v) is 7.01. The highest BCUT2D eigenvalue weighted by Crippen LogP contribution is 2.31. The molecule has 0 aliphatic carbocycles. The van der Waals surface area contributed by atoms with E-state index in [1.165, 1.54) is 35.8 Å². The Morgan fingerprint density at radius 3 is 2.93 bits per heavy atom. The molecule has 2 rings (SSSR count). The Bertz CT molecular complexity index is 335. The molecule has 1 aromatic heterocycles. The van der Waals surface area contributed by atoms with E-state index >= 15 is 0 Å². The zero-order chi connectivity index (χ0) is 10.8. The van der Waals surface area contributed by atoms with Crippen molar-refractivity contribution in [1.82, 2.24) is 4.98 Å². The summed E-state index contributed by atoms with van der Waals surface area (Å²) < 4.78 is 0. The molecule has 1 saturated heterocycles. The van der Waals surface area contributed by atoms with Gasteiger partial charge < -0.3 is 4.90 Å². The van der Waals surface area contributed by atoms with Gasteiger partial charge in [-0.25, -0.2) is 4.98 Å². The molecule has 1 aromatic rings. The maximum Gasteiger partial charge on any atom is 0.186 e. The summed E-state index contributed by atoms with van der Waals surface area (Å²) in [5, 5.41) is 1.20. The third kappa shape index (κ3) is 2.31. The zero-order valence-electron chi connectivity index (χ0n) is 9.36. The molecule has 4 heteroatoms. The summed E-state index contributed by atoms with van der Waals surface area (Å²) in [6.45, 7) is 5.55. The number of piperidine rings is 1. The van der Waals surface area contributed by atoms with Gasteiger partial charge in [-0.15, -0.1) is 11.3 Å². The zero-order valence-corrected chi connectivity index (χ0v) is 11.1. The predicted molar refractivity (Wildman–Crippen MR) is 70.2 cm³/mol. The van der Waals surface area contributed by atoms with Gasteiger partial charge in [0.1, 0.15) is 0 Å². The van der Waals surface area contributed by atoms with Crippen LogP contribution in [0.5, 0.6) is 0 Å². The van der Waals surface area contributed by atoms with Gasteiger partial charge in [0.25, 0.3) is 0 Å². The van der Waals surface area contributed by atoms with Gasteiger partial charge in [0.15, 0.2) is 5.13 Å². The highest BCUT2D eigenvalue weighted by atomic mass is 32.1. The van der Waals surface area contributed by atoms with Gasteiger partial charge in [-0.05, 0) is 33.1 Å². The molecular weight excluding hydrogens is 224 g/mol. The lowest BCUT2D eigenvalue weighted by Gasteiger charge is -2.33. The number of anilines is 1. The Hall–Kier alpha value is -0.220. The largest absolute Gasteiger partial charge is 0.345 e. The van der Waals surface area contributed by atoms with Crippen molar-refractivity contribution in [3.05, 3.63) is 10.6 Å². The molecule has 84 valence electrons. The van der Waals surface area contributed by atoms with Gasteiger partial charge in [-0.1, -0.05) is 0 Å². The van der Waals surface area contributed by atoms with Gasteiger partial charge in [-0.2, -0.15) is 12.6 Å². The van der Waals surface area contributed by atoms with Crippen LogP contribution in [0.1, 0.15) is 36.8 Å². The van der Waals surface area contributed by atoms with E-state index in [4.69, 9.17) is 0 Å². The van der Waals surface area contributed by atoms with Crippen LogP contribution < -0.4 is 4.90 Å². The second-order valence-corrected chi connectivity index (χ2v) is 5.58. The van der Waals surface area contributed by atoms with Crippen LogP contribution in [0.25, 0.3) is 0 Å². The summed E-state index contributed by atoms with van der Waals surface area (Å²) in [4.78, 5) is 8.41. The monoisotopic (exact) mass is 242 g/mol. The molecule has 0 spiro atoms. The standard InChI is InChI=1S/C11H18N2S2/c1-8-5-3-4-6-13(8)11-12-9(2)10(7-14)15-11/h8,14H,3-7H2,1-2H3. The predicted octanol–water partition coefficient (Wildman–Crippen LogP) is 3.26. The summed E-state index contributed by atoms with van der Waals surface area (Å²) in [6.07, 6.45) is 3.97. The van der Waals surface area contributed by atoms with Crippen molar-refractivity contribution in [3.63, 3.8) is 0 Å². The lowest BCUT2D eigenvalue weighted by molar-refractivity contribution is 0.484. The van der Waals surface area contributed by atoms with Crippen molar-refractivity contribution in [2.45, 2.75) is 44.9 Å². The summed E-state index contributed by atoms with van der Waals surface area (Å²) in [5.74, 6) is 0.811. The Morgan fingerprint density at radius 2 is 2.33 bits per heavy atom. The van der Waals surface area contributed by atoms with Crippen molar-refractivity contribution in [2.75, 3.05) is 11.4 Å². The van der Waals surface area contributed by atoms with E-state index in [1.807, 2.05) is 11.3 Å². The molecule has 1 aliphatic rings. The van der Waals surface area contributed by atoms with Crippen LogP contribution in [0.15, 0.2) is 0 Å². The number of hydrogen-bond acceptors (Lipinski definition) is 4. The molecule has 0 radical (unpaired) electrons. The number of thiol groups is 1. The lowest BCUT2D eigenvalue weighted by Crippen LogP contribution is -2.37. The highest BCUT2D eigenvalue weighted by molar-refractivity contribution is 7.79. The average molecular weight is 242 g/mol. The Labute approximate surface area is 101 Å². The molecule has 1 aliphatic heterocycles. The first-order valence-electron chi connectivity index (χ1n) is 5.56. The van der Waals surface area contributed by atoms with Crippen LogP contribution in [0, 0.1) is 6.92 Å². The SMILES string of the molecule is Cc1nc(N2CCCCC2C)sc1CS. The molecule has 0 bridgehead atoms. The minimum Gasteiger partial charge on any atom is -0.345 e. The van der Waals surface area contributed by atoms with E-state index in [0.29, 0.717) is 6.04 Å². The average Bonchev–Trinajstić information content (AvgIpc) is 2.60. The smallest absolute Gasteiger partial charge is 0.186 e. The number of rotatable bonds is 2. The molecule has 15 heavy (non-hydrogen) atoms. The van der Waals surface area contributed by atoms with E-state index in [9.17, 15) is 0 Å². The van der Waals surface area contributed by atoms with Crippen LogP contribution in [-0.4, -0.2) is 17.6 Å². The van der Waals surface area contributed by atoms with E-state index < -0.39 is 0 Å². The van der Waals surface area contributed by atoms with E-state index in [-0.39, 0.29) is 0 Å². The van der Waals surface area contributed by atoms with Crippen LogP contribution in [0.4, 0.5) is 5.13 Å². The van der Waals surface area contributed by atoms with Gasteiger partial charge >= 0.3 is 0 Å². The first kappa shape index (κ1) is 11.3. The number of aryl methyl sites for hydroxylation is 1. The number of nitrogens with zero attached hydrogens (tertiary/aromatic N) is 2. The molecule has 2 nitrogen and oxygen atoms in total. The number of aromatic nitrogens is 1. The molecule has 0 aromatic carbocycles. The van der Waals surface area contributed by atoms with E-state index in [0.717, 1.165) is 11.4 Å². The second kappa shape index (κ2) is 4.74. The molecule has 1 fully saturated rings. The first-order chi connectivity index (χ1) is 7.22. The molecule has 2 heterocycles. The summed E-state index contributed by atoms with van der Waals surface area (Å²) >= 11 is 6.14. The molecule has 1 atom stereocenters. The Morgan fingerprint density at radius 1 is 1.53 bits per heavy atom. The molecule has 0 N–H and O–H groups in total. The van der Waals surface area contributed by atoms with E-state index in [1.54, 1.807) is 0 Å². The summed E-state index contributed by atoms with van der Waals surface area (Å²) in [5.41, 5.74) is 1.16. The van der Waals surface area contributed by atoms with Gasteiger partial charge in [-0.3, -0.25) is 0 Å². The minimum atomic E-state index is 0.650. The maximum absolute atomic E-state index is 4.65. The van der Waals surface area contributed by atoms with Crippen molar-refractivity contribution in [3.8, 4) is 0 Å². The van der Waals surface area contributed by atoms with Crippen LogP contribution >= 0.6 is 24.0 Å². The summed E-state index contributed by atoms with van der Waals surface area (Å²) in [7, 11) is 0. The van der Waals surface area contributed by atoms with Crippen LogP contribution in [0.3, 0.4) is 0 Å². The fourth-order valence-electron chi connectivity index (χ4n) is 2.06. The fourth-order valence-corrected chi connectivity index (χ4v) is 3.54. The number of thiazole rings is 1. The molecule has 1 unspecified atom stereocenters. The summed E-state index contributed by atoms with van der Waals surface area (Å²) in [6, 6.07) is 0.650. The maximum atomic E-state index is 4.65. The van der Waals surface area contributed by atoms with Crippen LogP contribution in [0.2, 0.25) is 0 Å². The topological polar surface area (TPSA) is 16.1 Å². The Kier molecular flexibility index (Phi) is 3.57. The lowest BCUT2D eigenvalue weighted by atomic mass is 10.1. The number of hydrogen-bond donors (Lipinski definition) is 1. The Balaban J connectivity index is 2.20.